The third-order valence-electron chi connectivity index (χ3n) is 5.47. The molecule has 0 aromatic carbocycles. The highest BCUT2D eigenvalue weighted by molar-refractivity contribution is 5.94. The SMILES string of the molecule is C=C(C(=O)O)C1CC2OC23C=CC(=O)C(C)C3(C)C1. The number of carboxylic acid groups (broad SMARTS) is 1. The number of allylic oxidation sites excluding steroid dienone is 1. The lowest BCUT2D eigenvalue weighted by Gasteiger charge is -2.46. The number of carboxylic acids is 1. The van der Waals surface area contributed by atoms with Gasteiger partial charge >= 0.3 is 5.97 Å². The number of rotatable bonds is 2. The lowest BCUT2D eigenvalue weighted by Crippen LogP contribution is -2.51. The van der Waals surface area contributed by atoms with Crippen molar-refractivity contribution in [2.75, 3.05) is 0 Å². The topological polar surface area (TPSA) is 66.9 Å². The zero-order valence-corrected chi connectivity index (χ0v) is 11.2. The second-order valence-electron chi connectivity index (χ2n) is 6.24. The number of aliphatic carboxylic acids is 1. The molecule has 3 rings (SSSR count). The summed E-state index contributed by atoms with van der Waals surface area (Å²) >= 11 is 0. The summed E-state index contributed by atoms with van der Waals surface area (Å²) in [6, 6.07) is 0. The number of epoxide rings is 1. The predicted molar refractivity (Wildman–Crippen MR) is 68.5 cm³/mol. The highest BCUT2D eigenvalue weighted by Crippen LogP contribution is 2.65. The average Bonchev–Trinajstić information content (AvgIpc) is 3.07. The van der Waals surface area contributed by atoms with Gasteiger partial charge in [0.05, 0.1) is 6.10 Å². The Bertz CT molecular complexity index is 520. The van der Waals surface area contributed by atoms with Crippen LogP contribution in [0.2, 0.25) is 0 Å². The summed E-state index contributed by atoms with van der Waals surface area (Å²) in [7, 11) is 0. The minimum Gasteiger partial charge on any atom is -0.478 e. The van der Waals surface area contributed by atoms with E-state index in [4.69, 9.17) is 9.84 Å². The Morgan fingerprint density at radius 2 is 2.26 bits per heavy atom. The molecule has 0 radical (unpaired) electrons. The van der Waals surface area contributed by atoms with Gasteiger partial charge in [0.15, 0.2) is 5.78 Å². The van der Waals surface area contributed by atoms with E-state index in [2.05, 4.69) is 6.58 Å². The van der Waals surface area contributed by atoms with E-state index in [9.17, 15) is 9.59 Å². The second-order valence-corrected chi connectivity index (χ2v) is 6.24. The summed E-state index contributed by atoms with van der Waals surface area (Å²) in [4.78, 5) is 23.1. The average molecular weight is 262 g/mol. The van der Waals surface area contributed by atoms with Gasteiger partial charge < -0.3 is 9.84 Å². The molecule has 4 nitrogen and oxygen atoms in total. The van der Waals surface area contributed by atoms with Gasteiger partial charge in [-0.05, 0) is 30.9 Å². The molecule has 5 atom stereocenters. The summed E-state index contributed by atoms with van der Waals surface area (Å²) < 4.78 is 5.88. The molecule has 4 heteroatoms. The first-order chi connectivity index (χ1) is 8.82. The van der Waals surface area contributed by atoms with Gasteiger partial charge in [-0.25, -0.2) is 4.79 Å². The molecule has 1 saturated heterocycles. The summed E-state index contributed by atoms with van der Waals surface area (Å²) in [5.41, 5.74) is -0.444. The third-order valence-corrected chi connectivity index (χ3v) is 5.47. The fraction of sp³-hybridized carbons (Fsp3) is 0.600. The number of carbonyl (C=O) groups excluding carboxylic acids is 1. The largest absolute Gasteiger partial charge is 0.478 e. The van der Waals surface area contributed by atoms with Crippen molar-refractivity contribution in [1.29, 1.82) is 0 Å². The Morgan fingerprint density at radius 1 is 1.58 bits per heavy atom. The Morgan fingerprint density at radius 3 is 2.89 bits per heavy atom. The highest BCUT2D eigenvalue weighted by atomic mass is 16.6. The van der Waals surface area contributed by atoms with Crippen LogP contribution in [0.4, 0.5) is 0 Å². The minimum absolute atomic E-state index is 0.0270. The smallest absolute Gasteiger partial charge is 0.331 e. The van der Waals surface area contributed by atoms with E-state index < -0.39 is 5.97 Å². The molecule has 102 valence electrons. The van der Waals surface area contributed by atoms with Crippen LogP contribution in [-0.4, -0.2) is 28.6 Å². The zero-order valence-electron chi connectivity index (χ0n) is 11.2. The van der Waals surface area contributed by atoms with Crippen molar-refractivity contribution in [1.82, 2.24) is 0 Å². The first-order valence-corrected chi connectivity index (χ1v) is 6.65. The molecule has 2 fully saturated rings. The van der Waals surface area contributed by atoms with Crippen LogP contribution in [0.1, 0.15) is 26.7 Å². The minimum atomic E-state index is -0.952. The van der Waals surface area contributed by atoms with E-state index in [-0.39, 0.29) is 40.3 Å². The fourth-order valence-corrected chi connectivity index (χ4v) is 3.90. The van der Waals surface area contributed by atoms with Gasteiger partial charge in [-0.1, -0.05) is 20.4 Å². The zero-order chi connectivity index (χ0) is 14.0. The van der Waals surface area contributed by atoms with Crippen molar-refractivity contribution in [3.63, 3.8) is 0 Å². The van der Waals surface area contributed by atoms with E-state index in [1.807, 2.05) is 19.9 Å². The van der Waals surface area contributed by atoms with Crippen molar-refractivity contribution in [2.24, 2.45) is 17.3 Å². The quantitative estimate of drug-likeness (QED) is 0.610. The Hall–Kier alpha value is -1.42. The van der Waals surface area contributed by atoms with E-state index in [0.29, 0.717) is 12.8 Å². The van der Waals surface area contributed by atoms with Gasteiger partial charge in [0, 0.05) is 16.9 Å². The molecule has 1 heterocycles. The molecule has 19 heavy (non-hydrogen) atoms. The molecule has 0 amide bonds. The maximum absolute atomic E-state index is 11.9. The third kappa shape index (κ3) is 1.43. The molecule has 1 aliphatic heterocycles. The molecule has 5 unspecified atom stereocenters. The van der Waals surface area contributed by atoms with E-state index in [0.717, 1.165) is 0 Å². The number of ketones is 1. The Kier molecular flexibility index (Phi) is 2.37. The van der Waals surface area contributed by atoms with Crippen molar-refractivity contribution in [3.8, 4) is 0 Å². The summed E-state index contributed by atoms with van der Waals surface area (Å²) in [5.74, 6) is -1.10. The number of hydrogen-bond donors (Lipinski definition) is 1. The van der Waals surface area contributed by atoms with Gasteiger partial charge in [0.2, 0.25) is 0 Å². The standard InChI is InChI=1S/C15H18O4/c1-8(13(17)18)10-6-12-15(19-12)5-4-11(16)9(2)14(15,3)7-10/h4-5,9-10,12H,1,6-7H2,2-3H3,(H,17,18). The predicted octanol–water partition coefficient (Wildman–Crippen LogP) is 1.96. The molecule has 1 saturated carbocycles. The normalized spacial score (nSPS) is 47.3. The first kappa shape index (κ1) is 12.6. The van der Waals surface area contributed by atoms with Crippen LogP contribution in [0.25, 0.3) is 0 Å². The molecule has 0 bridgehead atoms. The van der Waals surface area contributed by atoms with Gasteiger partial charge in [-0.2, -0.15) is 0 Å². The maximum Gasteiger partial charge on any atom is 0.331 e. The molecular weight excluding hydrogens is 244 g/mol. The molecule has 0 aromatic heterocycles. The van der Waals surface area contributed by atoms with Crippen LogP contribution in [0.3, 0.4) is 0 Å². The van der Waals surface area contributed by atoms with Crippen LogP contribution < -0.4 is 0 Å². The highest BCUT2D eigenvalue weighted by Gasteiger charge is 2.72. The summed E-state index contributed by atoms with van der Waals surface area (Å²) in [5, 5.41) is 9.11. The fourth-order valence-electron chi connectivity index (χ4n) is 3.90. The lowest BCUT2D eigenvalue weighted by atomic mass is 9.54. The summed E-state index contributed by atoms with van der Waals surface area (Å²) in [6.45, 7) is 7.64. The van der Waals surface area contributed by atoms with Crippen molar-refractivity contribution < 1.29 is 19.4 Å². The monoisotopic (exact) mass is 262 g/mol. The number of ether oxygens (including phenoxy) is 1. The molecule has 3 aliphatic rings. The van der Waals surface area contributed by atoms with Gasteiger partial charge in [-0.3, -0.25) is 4.79 Å². The van der Waals surface area contributed by atoms with E-state index in [1.54, 1.807) is 6.08 Å². The van der Waals surface area contributed by atoms with Gasteiger partial charge in [-0.15, -0.1) is 0 Å². The van der Waals surface area contributed by atoms with Crippen molar-refractivity contribution in [3.05, 3.63) is 24.3 Å². The van der Waals surface area contributed by atoms with Gasteiger partial charge in [0.1, 0.15) is 5.60 Å². The van der Waals surface area contributed by atoms with Crippen LogP contribution in [0.5, 0.6) is 0 Å². The number of carbonyl (C=O) groups is 2. The molecular formula is C15H18O4. The Labute approximate surface area is 112 Å². The molecule has 2 aliphatic carbocycles. The van der Waals surface area contributed by atoms with Crippen molar-refractivity contribution in [2.45, 2.75) is 38.4 Å². The maximum atomic E-state index is 11.9. The lowest BCUT2D eigenvalue weighted by molar-refractivity contribution is -0.133. The van der Waals surface area contributed by atoms with E-state index >= 15 is 0 Å². The van der Waals surface area contributed by atoms with Crippen LogP contribution in [0, 0.1) is 17.3 Å². The van der Waals surface area contributed by atoms with Gasteiger partial charge in [0.25, 0.3) is 0 Å². The van der Waals surface area contributed by atoms with Crippen LogP contribution in [-0.2, 0) is 14.3 Å². The molecule has 1 N–H and O–H groups in total. The summed E-state index contributed by atoms with van der Waals surface area (Å²) in [6.07, 6.45) is 4.87. The Balaban J connectivity index is 1.96. The number of hydrogen-bond acceptors (Lipinski definition) is 3. The van der Waals surface area contributed by atoms with Crippen LogP contribution >= 0.6 is 0 Å². The van der Waals surface area contributed by atoms with E-state index in [1.165, 1.54) is 0 Å². The van der Waals surface area contributed by atoms with Crippen molar-refractivity contribution >= 4 is 11.8 Å². The van der Waals surface area contributed by atoms with Crippen LogP contribution in [0.15, 0.2) is 24.3 Å². The molecule has 0 aromatic rings. The molecule has 1 spiro atoms. The second kappa shape index (κ2) is 3.57. The first-order valence-electron chi connectivity index (χ1n) is 6.65.